The predicted octanol–water partition coefficient (Wildman–Crippen LogP) is 7.07. The lowest BCUT2D eigenvalue weighted by atomic mass is 9.50. The van der Waals surface area contributed by atoms with Crippen LogP contribution in [0.15, 0.2) is 54.6 Å². The van der Waals surface area contributed by atoms with E-state index in [1.165, 1.54) is 31.4 Å². The predicted molar refractivity (Wildman–Crippen MR) is 144 cm³/mol. The lowest BCUT2D eigenvalue weighted by Gasteiger charge is -2.54. The van der Waals surface area contributed by atoms with E-state index in [1.54, 1.807) is 18.2 Å². The van der Waals surface area contributed by atoms with E-state index in [9.17, 15) is 30.4 Å². The largest absolute Gasteiger partial charge is 0.502 e. The van der Waals surface area contributed by atoms with Gasteiger partial charge < -0.3 is 19.7 Å². The van der Waals surface area contributed by atoms with E-state index in [1.807, 2.05) is 0 Å². The van der Waals surface area contributed by atoms with E-state index < -0.39 is 32.7 Å². The number of rotatable bonds is 6. The Bertz CT molecular complexity index is 1550. The summed E-state index contributed by atoms with van der Waals surface area (Å²) in [5, 5.41) is 42.2. The van der Waals surface area contributed by atoms with Gasteiger partial charge in [0.2, 0.25) is 0 Å². The molecule has 4 saturated carbocycles. The van der Waals surface area contributed by atoms with Crippen LogP contribution < -0.4 is 9.47 Å². The molecule has 2 N–H and O–H groups in total. The highest BCUT2D eigenvalue weighted by molar-refractivity contribution is 5.56. The van der Waals surface area contributed by atoms with Crippen molar-refractivity contribution in [1.29, 1.82) is 0 Å². The highest BCUT2D eigenvalue weighted by Gasteiger charge is 2.50. The smallest absolute Gasteiger partial charge is 0.310 e. The third-order valence-electron chi connectivity index (χ3n) is 8.20. The van der Waals surface area contributed by atoms with Crippen LogP contribution in [0.4, 0.5) is 11.4 Å². The fraction of sp³-hybridized carbons (Fsp3) is 0.333. The average molecular weight is 543 g/mol. The standard InChI is InChI=1S/C30H26N2O8/c33-27-12-22(3-5-25(27)31(35)36)39-24-2-1-21(7-8-30-15-18-9-19(16-30)11-20(10-18)17-30)29(14-24)40-23-4-6-26(32(37)38)28(34)13-23/h1-6,12-14,18-20,33-34H,9-11,15-17H2. The van der Waals surface area contributed by atoms with E-state index in [4.69, 9.17) is 9.47 Å². The van der Waals surface area contributed by atoms with Crippen molar-refractivity contribution in [1.82, 2.24) is 0 Å². The highest BCUT2D eigenvalue weighted by Crippen LogP contribution is 2.59. The summed E-state index contributed by atoms with van der Waals surface area (Å²) in [6, 6.07) is 12.4. The minimum absolute atomic E-state index is 0.00308. The van der Waals surface area contributed by atoms with Crippen molar-refractivity contribution in [2.24, 2.45) is 23.2 Å². The molecule has 0 saturated heterocycles. The van der Waals surface area contributed by atoms with Crippen LogP contribution in [-0.4, -0.2) is 20.1 Å². The highest BCUT2D eigenvalue weighted by atomic mass is 16.6. The lowest BCUT2D eigenvalue weighted by Crippen LogP contribution is -2.45. The van der Waals surface area contributed by atoms with Crippen molar-refractivity contribution >= 4 is 11.4 Å². The molecular formula is C30H26N2O8. The van der Waals surface area contributed by atoms with Crippen LogP contribution in [0.25, 0.3) is 0 Å². The molecule has 10 heteroatoms. The molecule has 0 atom stereocenters. The summed E-state index contributed by atoms with van der Waals surface area (Å²) >= 11 is 0. The number of hydrogen-bond acceptors (Lipinski definition) is 8. The molecule has 4 fully saturated rings. The number of hydrogen-bond donors (Lipinski definition) is 2. The molecule has 204 valence electrons. The molecule has 0 aliphatic heterocycles. The molecule has 0 spiro atoms. The van der Waals surface area contributed by atoms with Crippen molar-refractivity contribution in [3.63, 3.8) is 0 Å². The molecule has 4 bridgehead atoms. The lowest BCUT2D eigenvalue weighted by molar-refractivity contribution is -0.386. The van der Waals surface area contributed by atoms with Crippen molar-refractivity contribution in [2.75, 3.05) is 0 Å². The number of nitro benzene ring substituents is 2. The second kappa shape index (κ2) is 9.75. The molecule has 4 aliphatic carbocycles. The Morgan fingerprint density at radius 3 is 1.70 bits per heavy atom. The molecule has 10 nitrogen and oxygen atoms in total. The molecule has 0 radical (unpaired) electrons. The molecule has 3 aromatic rings. The van der Waals surface area contributed by atoms with E-state index in [-0.39, 0.29) is 16.9 Å². The fourth-order valence-corrected chi connectivity index (χ4v) is 6.92. The third kappa shape index (κ3) is 4.98. The second-order valence-corrected chi connectivity index (χ2v) is 11.1. The maximum atomic E-state index is 11.1. The van der Waals surface area contributed by atoms with Crippen LogP contribution in [0.5, 0.6) is 34.5 Å². The molecule has 0 amide bonds. The Morgan fingerprint density at radius 2 is 1.20 bits per heavy atom. The molecule has 4 aliphatic rings. The number of aromatic hydroxyl groups is 2. The maximum absolute atomic E-state index is 11.1. The molecule has 7 rings (SSSR count). The van der Waals surface area contributed by atoms with E-state index >= 15 is 0 Å². The molecule has 40 heavy (non-hydrogen) atoms. The molecule has 0 heterocycles. The van der Waals surface area contributed by atoms with Gasteiger partial charge in [-0.05, 0) is 80.5 Å². The summed E-state index contributed by atoms with van der Waals surface area (Å²) in [5.41, 5.74) is -0.287. The Labute approximate surface area is 229 Å². The number of benzene rings is 3. The first kappa shape index (κ1) is 25.5. The maximum Gasteiger partial charge on any atom is 0.310 e. The van der Waals surface area contributed by atoms with Gasteiger partial charge in [0.05, 0.1) is 15.4 Å². The number of nitrogens with zero attached hydrogens (tertiary/aromatic N) is 2. The molecule has 0 unspecified atom stereocenters. The van der Waals surface area contributed by atoms with Crippen LogP contribution in [0, 0.1) is 55.2 Å². The van der Waals surface area contributed by atoms with Crippen molar-refractivity contribution in [2.45, 2.75) is 38.5 Å². The van der Waals surface area contributed by atoms with Crippen LogP contribution >= 0.6 is 0 Å². The van der Waals surface area contributed by atoms with Crippen molar-refractivity contribution < 1.29 is 29.5 Å². The van der Waals surface area contributed by atoms with Crippen LogP contribution in [-0.2, 0) is 0 Å². The van der Waals surface area contributed by atoms with Crippen LogP contribution in [0.2, 0.25) is 0 Å². The number of phenolic OH excluding ortho intramolecular Hbond substituents is 2. The first-order chi connectivity index (χ1) is 19.2. The van der Waals surface area contributed by atoms with Crippen LogP contribution in [0.3, 0.4) is 0 Å². The van der Waals surface area contributed by atoms with E-state index in [0.717, 1.165) is 61.3 Å². The third-order valence-corrected chi connectivity index (χ3v) is 8.20. The van der Waals surface area contributed by atoms with Gasteiger partial charge in [0.1, 0.15) is 23.0 Å². The van der Waals surface area contributed by atoms with Crippen molar-refractivity contribution in [3.05, 3.63) is 80.4 Å². The first-order valence-corrected chi connectivity index (χ1v) is 13.1. The van der Waals surface area contributed by atoms with Gasteiger partial charge in [-0.2, -0.15) is 0 Å². The second-order valence-electron chi connectivity index (χ2n) is 11.1. The summed E-state index contributed by atoms with van der Waals surface area (Å²) in [6.45, 7) is 0. The summed E-state index contributed by atoms with van der Waals surface area (Å²) in [5.74, 6) is 9.08. The summed E-state index contributed by atoms with van der Waals surface area (Å²) < 4.78 is 11.9. The van der Waals surface area contributed by atoms with Gasteiger partial charge in [0.15, 0.2) is 11.5 Å². The van der Waals surface area contributed by atoms with Gasteiger partial charge >= 0.3 is 11.4 Å². The zero-order valence-electron chi connectivity index (χ0n) is 21.4. The number of phenols is 2. The molecular weight excluding hydrogens is 516 g/mol. The van der Waals surface area contributed by atoms with Gasteiger partial charge in [-0.25, -0.2) is 0 Å². The zero-order chi connectivity index (χ0) is 28.0. The quantitative estimate of drug-likeness (QED) is 0.191. The number of nitro groups is 2. The SMILES string of the molecule is O=[N+]([O-])c1ccc(Oc2ccc(C#CC34CC5CC(CC(C5)C3)C4)c(Oc3ccc([N+](=O)[O-])c(O)c3)c2)cc1O. The summed E-state index contributed by atoms with van der Waals surface area (Å²) in [4.78, 5) is 20.7. The topological polar surface area (TPSA) is 145 Å². The zero-order valence-corrected chi connectivity index (χ0v) is 21.4. The van der Waals surface area contributed by atoms with Crippen molar-refractivity contribution in [3.8, 4) is 46.3 Å². The monoisotopic (exact) mass is 542 g/mol. The van der Waals surface area contributed by atoms with E-state index in [0.29, 0.717) is 17.1 Å². The Kier molecular flexibility index (Phi) is 6.22. The molecule has 3 aromatic carbocycles. The fourth-order valence-electron chi connectivity index (χ4n) is 6.92. The summed E-state index contributed by atoms with van der Waals surface area (Å²) in [7, 11) is 0. The normalized spacial score (nSPS) is 24.1. The average Bonchev–Trinajstić information content (AvgIpc) is 2.87. The van der Waals surface area contributed by atoms with Gasteiger partial charge in [-0.3, -0.25) is 20.2 Å². The van der Waals surface area contributed by atoms with Gasteiger partial charge in [-0.1, -0.05) is 11.8 Å². The Hall–Kier alpha value is -4.78. The van der Waals surface area contributed by atoms with Crippen LogP contribution in [0.1, 0.15) is 44.1 Å². The minimum Gasteiger partial charge on any atom is -0.502 e. The number of ether oxygens (including phenoxy) is 2. The first-order valence-electron chi connectivity index (χ1n) is 13.1. The van der Waals surface area contributed by atoms with E-state index in [2.05, 4.69) is 11.8 Å². The van der Waals surface area contributed by atoms with Gasteiger partial charge in [-0.15, -0.1) is 0 Å². The minimum atomic E-state index is -0.693. The molecule has 0 aromatic heterocycles. The Balaban J connectivity index is 1.33. The summed E-state index contributed by atoms with van der Waals surface area (Å²) in [6.07, 6.45) is 7.27. The van der Waals surface area contributed by atoms with Gasteiger partial charge in [0.25, 0.3) is 0 Å². The Morgan fingerprint density at radius 1 is 0.725 bits per heavy atom. The van der Waals surface area contributed by atoms with Gasteiger partial charge in [0, 0.05) is 35.7 Å².